The topological polar surface area (TPSA) is 92.9 Å². The molecule has 0 fully saturated rings. The number of anilines is 2. The van der Waals surface area contributed by atoms with Crippen LogP contribution in [0.3, 0.4) is 0 Å². The molecule has 0 aliphatic carbocycles. The zero-order valence-corrected chi connectivity index (χ0v) is 11.5. The largest absolute Gasteiger partial charge is 0.383 e. The van der Waals surface area contributed by atoms with Gasteiger partial charge in [-0.3, -0.25) is 4.79 Å². The predicted octanol–water partition coefficient (Wildman–Crippen LogP) is 1.08. The van der Waals surface area contributed by atoms with Gasteiger partial charge in [0.25, 0.3) is 0 Å². The molecule has 1 aromatic heterocycles. The maximum Gasteiger partial charge on any atom is 0.242 e. The molecule has 6 nitrogen and oxygen atoms in total. The second-order valence-electron chi connectivity index (χ2n) is 5.34. The van der Waals surface area contributed by atoms with Gasteiger partial charge in [-0.1, -0.05) is 0 Å². The quantitative estimate of drug-likeness (QED) is 0.747. The minimum atomic E-state index is -0.391. The molecule has 0 saturated carbocycles. The summed E-state index contributed by atoms with van der Waals surface area (Å²) < 4.78 is 0. The van der Waals surface area contributed by atoms with E-state index in [4.69, 9.17) is 5.73 Å². The van der Waals surface area contributed by atoms with Crippen molar-refractivity contribution in [3.63, 3.8) is 0 Å². The lowest BCUT2D eigenvalue weighted by molar-refractivity contribution is -0.122. The molecule has 0 aliphatic rings. The fourth-order valence-corrected chi connectivity index (χ4v) is 1.36. The minimum absolute atomic E-state index is 0.0842. The molecule has 0 bridgehead atoms. The van der Waals surface area contributed by atoms with Gasteiger partial charge in [0.15, 0.2) is 0 Å². The van der Waals surface area contributed by atoms with Crippen LogP contribution in [0.25, 0.3) is 0 Å². The van der Waals surface area contributed by atoms with Gasteiger partial charge in [0.2, 0.25) is 5.91 Å². The summed E-state index contributed by atoms with van der Waals surface area (Å²) in [4.78, 5) is 19.9. The average molecular weight is 251 g/mol. The lowest BCUT2D eigenvalue weighted by Gasteiger charge is -2.24. The summed E-state index contributed by atoms with van der Waals surface area (Å²) in [7, 11) is 0. The molecule has 0 aromatic carbocycles. The third-order valence-corrected chi connectivity index (χ3v) is 2.37. The van der Waals surface area contributed by atoms with Crippen LogP contribution in [0, 0.1) is 6.92 Å². The molecule has 1 unspecified atom stereocenters. The molecule has 100 valence electrons. The van der Waals surface area contributed by atoms with Crippen molar-refractivity contribution in [2.45, 2.75) is 46.2 Å². The molecular weight excluding hydrogens is 230 g/mol. The maximum absolute atomic E-state index is 11.9. The van der Waals surface area contributed by atoms with Crippen molar-refractivity contribution in [1.29, 1.82) is 0 Å². The summed E-state index contributed by atoms with van der Waals surface area (Å²) in [6.45, 7) is 9.40. The molecule has 1 heterocycles. The predicted molar refractivity (Wildman–Crippen MR) is 72.2 cm³/mol. The smallest absolute Gasteiger partial charge is 0.242 e. The van der Waals surface area contributed by atoms with E-state index < -0.39 is 6.04 Å². The average Bonchev–Trinajstić information content (AvgIpc) is 2.22. The van der Waals surface area contributed by atoms with Crippen molar-refractivity contribution in [1.82, 2.24) is 15.3 Å². The fraction of sp³-hybridized carbons (Fsp3) is 0.583. The van der Waals surface area contributed by atoms with Gasteiger partial charge in [0.05, 0.1) is 0 Å². The minimum Gasteiger partial charge on any atom is -0.383 e. The van der Waals surface area contributed by atoms with Crippen LogP contribution in [0.2, 0.25) is 0 Å². The Kier molecular flexibility index (Phi) is 4.11. The zero-order valence-electron chi connectivity index (χ0n) is 11.5. The van der Waals surface area contributed by atoms with E-state index >= 15 is 0 Å². The van der Waals surface area contributed by atoms with Gasteiger partial charge in [-0.05, 0) is 34.6 Å². The van der Waals surface area contributed by atoms with Crippen molar-refractivity contribution in [2.24, 2.45) is 0 Å². The SMILES string of the molecule is Cc1c(N)ncnc1NC(C)C(=O)NC(C)(C)C. The number of hydrogen-bond acceptors (Lipinski definition) is 5. The molecule has 4 N–H and O–H groups in total. The first-order valence-corrected chi connectivity index (χ1v) is 5.86. The van der Waals surface area contributed by atoms with Gasteiger partial charge >= 0.3 is 0 Å². The lowest BCUT2D eigenvalue weighted by atomic mass is 10.1. The Morgan fingerprint density at radius 2 is 2.00 bits per heavy atom. The van der Waals surface area contributed by atoms with Gasteiger partial charge in [-0.2, -0.15) is 0 Å². The van der Waals surface area contributed by atoms with Gasteiger partial charge in [-0.25, -0.2) is 9.97 Å². The summed E-state index contributed by atoms with van der Waals surface area (Å²) in [5.74, 6) is 0.911. The molecule has 0 saturated heterocycles. The summed E-state index contributed by atoms with van der Waals surface area (Å²) in [5, 5.41) is 5.93. The number of hydrogen-bond donors (Lipinski definition) is 3. The number of nitrogens with zero attached hydrogens (tertiary/aromatic N) is 2. The number of carbonyl (C=O) groups is 1. The molecule has 1 aromatic rings. The van der Waals surface area contributed by atoms with Crippen molar-refractivity contribution in [2.75, 3.05) is 11.1 Å². The molecule has 1 atom stereocenters. The Balaban J connectivity index is 2.73. The first-order valence-electron chi connectivity index (χ1n) is 5.86. The van der Waals surface area contributed by atoms with Crippen LogP contribution < -0.4 is 16.4 Å². The van der Waals surface area contributed by atoms with Gasteiger partial charge in [-0.15, -0.1) is 0 Å². The second kappa shape index (κ2) is 5.20. The standard InChI is InChI=1S/C12H21N5O/c1-7-9(13)14-6-15-10(7)16-8(2)11(18)17-12(3,4)5/h6,8H,1-5H3,(H,17,18)(H3,13,14,15,16). The molecule has 6 heteroatoms. The number of nitrogen functional groups attached to an aromatic ring is 1. The van der Waals surface area contributed by atoms with Crippen LogP contribution >= 0.6 is 0 Å². The van der Waals surface area contributed by atoms with Crippen LogP contribution in [0.5, 0.6) is 0 Å². The molecule has 18 heavy (non-hydrogen) atoms. The highest BCUT2D eigenvalue weighted by Gasteiger charge is 2.20. The second-order valence-corrected chi connectivity index (χ2v) is 5.34. The Bertz CT molecular complexity index is 439. The van der Waals surface area contributed by atoms with E-state index in [1.807, 2.05) is 27.7 Å². The van der Waals surface area contributed by atoms with Crippen molar-refractivity contribution >= 4 is 17.5 Å². The zero-order chi connectivity index (χ0) is 13.9. The molecule has 0 spiro atoms. The molecule has 0 radical (unpaired) electrons. The van der Waals surface area contributed by atoms with Crippen LogP contribution in [-0.4, -0.2) is 27.5 Å². The molecule has 0 aliphatic heterocycles. The van der Waals surface area contributed by atoms with E-state index in [-0.39, 0.29) is 11.4 Å². The van der Waals surface area contributed by atoms with E-state index in [0.29, 0.717) is 11.6 Å². The third-order valence-electron chi connectivity index (χ3n) is 2.37. The van der Waals surface area contributed by atoms with Crippen molar-refractivity contribution in [3.05, 3.63) is 11.9 Å². The fourth-order valence-electron chi connectivity index (χ4n) is 1.36. The molecular formula is C12H21N5O. The lowest BCUT2D eigenvalue weighted by Crippen LogP contribution is -2.47. The van der Waals surface area contributed by atoms with E-state index in [2.05, 4.69) is 20.6 Å². The maximum atomic E-state index is 11.9. The van der Waals surface area contributed by atoms with Crippen LogP contribution in [0.1, 0.15) is 33.3 Å². The first kappa shape index (κ1) is 14.2. The highest BCUT2D eigenvalue weighted by atomic mass is 16.2. The monoisotopic (exact) mass is 251 g/mol. The van der Waals surface area contributed by atoms with Crippen LogP contribution in [-0.2, 0) is 4.79 Å². The number of nitrogens with two attached hydrogens (primary N) is 1. The number of carbonyl (C=O) groups excluding carboxylic acids is 1. The van der Waals surface area contributed by atoms with Gasteiger partial charge < -0.3 is 16.4 Å². The molecule has 1 amide bonds. The van der Waals surface area contributed by atoms with Crippen LogP contribution in [0.15, 0.2) is 6.33 Å². The normalized spacial score (nSPS) is 12.9. The summed E-state index contributed by atoms with van der Waals surface area (Å²) in [6, 6.07) is -0.391. The van der Waals surface area contributed by atoms with E-state index in [0.717, 1.165) is 5.56 Å². The Morgan fingerprint density at radius 3 is 2.56 bits per heavy atom. The van der Waals surface area contributed by atoms with E-state index in [1.54, 1.807) is 6.92 Å². The Labute approximate surface area is 107 Å². The van der Waals surface area contributed by atoms with E-state index in [1.165, 1.54) is 6.33 Å². The summed E-state index contributed by atoms with van der Waals surface area (Å²) in [6.07, 6.45) is 1.37. The summed E-state index contributed by atoms with van der Waals surface area (Å²) in [5.41, 5.74) is 6.17. The first-order chi connectivity index (χ1) is 8.20. The number of rotatable bonds is 3. The highest BCUT2D eigenvalue weighted by molar-refractivity contribution is 5.84. The Hall–Kier alpha value is -1.85. The van der Waals surface area contributed by atoms with Crippen LogP contribution in [0.4, 0.5) is 11.6 Å². The van der Waals surface area contributed by atoms with Gasteiger partial charge in [0, 0.05) is 11.1 Å². The summed E-state index contributed by atoms with van der Waals surface area (Å²) >= 11 is 0. The van der Waals surface area contributed by atoms with Gasteiger partial charge in [0.1, 0.15) is 24.0 Å². The Morgan fingerprint density at radius 1 is 1.39 bits per heavy atom. The third kappa shape index (κ3) is 3.87. The number of nitrogens with one attached hydrogen (secondary N) is 2. The van der Waals surface area contributed by atoms with E-state index in [9.17, 15) is 4.79 Å². The van der Waals surface area contributed by atoms with Crippen molar-refractivity contribution in [3.8, 4) is 0 Å². The highest BCUT2D eigenvalue weighted by Crippen LogP contribution is 2.16. The number of amides is 1. The number of aromatic nitrogens is 2. The van der Waals surface area contributed by atoms with Crippen molar-refractivity contribution < 1.29 is 4.79 Å². The molecule has 1 rings (SSSR count).